The summed E-state index contributed by atoms with van der Waals surface area (Å²) < 4.78 is 1.36. The van der Waals surface area contributed by atoms with E-state index in [4.69, 9.17) is 0 Å². The summed E-state index contributed by atoms with van der Waals surface area (Å²) in [5.41, 5.74) is 2.93. The number of fused-ring (bicyclic) bond motifs is 1. The Labute approximate surface area is 105 Å². The molecule has 0 N–H and O–H groups in total. The third-order valence-corrected chi connectivity index (χ3v) is 6.57. The molecule has 1 heterocycles. The van der Waals surface area contributed by atoms with Crippen LogP contribution in [0.3, 0.4) is 0 Å². The lowest BCUT2D eigenvalue weighted by molar-refractivity contribution is 1.24. The summed E-state index contributed by atoms with van der Waals surface area (Å²) in [6, 6.07) is 13.1. The molecule has 1 aliphatic carbocycles. The van der Waals surface area contributed by atoms with E-state index in [1.807, 2.05) is 0 Å². The zero-order valence-electron chi connectivity index (χ0n) is 9.07. The predicted molar refractivity (Wildman–Crippen MR) is 75.5 cm³/mol. The Balaban J connectivity index is 2.19. The van der Waals surface area contributed by atoms with Gasteiger partial charge in [-0.3, -0.25) is 0 Å². The minimum Gasteiger partial charge on any atom is -0.0744 e. The summed E-state index contributed by atoms with van der Waals surface area (Å²) in [4.78, 5) is 0. The van der Waals surface area contributed by atoms with Crippen LogP contribution in [0.5, 0.6) is 0 Å². The fourth-order valence-electron chi connectivity index (χ4n) is 2.28. The van der Waals surface area contributed by atoms with E-state index in [2.05, 4.69) is 65.3 Å². The molecule has 1 aromatic carbocycles. The second kappa shape index (κ2) is 3.91. The van der Waals surface area contributed by atoms with Crippen molar-refractivity contribution >= 4 is 29.5 Å². The van der Waals surface area contributed by atoms with Gasteiger partial charge in [-0.1, -0.05) is 49.5 Å². The first-order valence-corrected chi connectivity index (χ1v) is 7.52. The lowest BCUT2D eigenvalue weighted by Crippen LogP contribution is -1.76. The normalized spacial score (nSPS) is 14.9. The van der Waals surface area contributed by atoms with Gasteiger partial charge in [0.15, 0.2) is 0 Å². The van der Waals surface area contributed by atoms with Crippen molar-refractivity contribution in [3.8, 4) is 5.30 Å². The minimum absolute atomic E-state index is 0.263. The van der Waals surface area contributed by atoms with Crippen LogP contribution in [-0.4, -0.2) is 0 Å². The molecule has 0 bridgehead atoms. The van der Waals surface area contributed by atoms with Gasteiger partial charge in [0, 0.05) is 4.20 Å². The van der Waals surface area contributed by atoms with Crippen molar-refractivity contribution in [3.63, 3.8) is 0 Å². The van der Waals surface area contributed by atoms with E-state index in [-0.39, 0.29) is 7.53 Å². The summed E-state index contributed by atoms with van der Waals surface area (Å²) in [7, 11) is -0.263. The number of rotatable bonds is 1. The van der Waals surface area contributed by atoms with Crippen LogP contribution in [0.4, 0.5) is 0 Å². The van der Waals surface area contributed by atoms with E-state index in [0.717, 1.165) is 6.42 Å². The molecule has 1 atom stereocenters. The maximum atomic E-state index is 3.74. The van der Waals surface area contributed by atoms with E-state index >= 15 is 0 Å². The highest BCUT2D eigenvalue weighted by Crippen LogP contribution is 2.55. The Hall–Kier alpha value is -0.780. The molecule has 1 unspecified atom stereocenters. The zero-order valence-corrected chi connectivity index (χ0v) is 11.6. The molecule has 2 heteroatoms. The summed E-state index contributed by atoms with van der Waals surface area (Å²) in [5.74, 6) is 0. The van der Waals surface area contributed by atoms with Gasteiger partial charge >= 0.3 is 0 Å². The molecule has 16 heavy (non-hydrogen) atoms. The Kier molecular flexibility index (Phi) is 2.53. The van der Waals surface area contributed by atoms with Crippen LogP contribution >= 0.6 is 23.5 Å². The van der Waals surface area contributed by atoms with Gasteiger partial charge < -0.3 is 0 Å². The summed E-state index contributed by atoms with van der Waals surface area (Å²) in [5, 5.41) is 3.07. The molecule has 0 nitrogen and oxygen atoms in total. The van der Waals surface area contributed by atoms with Crippen LogP contribution in [0, 0.1) is 0 Å². The van der Waals surface area contributed by atoms with Crippen LogP contribution in [0.2, 0.25) is 0 Å². The topological polar surface area (TPSA) is 0 Å². The van der Waals surface area contributed by atoms with Gasteiger partial charge in [0.05, 0.1) is 0 Å². The molecule has 0 spiro atoms. The van der Waals surface area contributed by atoms with Crippen LogP contribution in [0.1, 0.15) is 17.8 Å². The van der Waals surface area contributed by atoms with Gasteiger partial charge in [0.2, 0.25) is 0 Å². The largest absolute Gasteiger partial charge is 0.0744 e. The van der Waals surface area contributed by atoms with Crippen LogP contribution in [0.15, 0.2) is 46.2 Å². The smallest absolute Gasteiger partial charge is 0.0421 e. The SMILES string of the molecule is CC1=Cc2cc(Br)p(-c3ccccc3)c2C1. The minimum atomic E-state index is -0.263. The van der Waals surface area contributed by atoms with Crippen molar-refractivity contribution in [2.75, 3.05) is 0 Å². The van der Waals surface area contributed by atoms with Crippen LogP contribution in [0.25, 0.3) is 11.4 Å². The van der Waals surface area contributed by atoms with Crippen molar-refractivity contribution in [3.05, 3.63) is 57.0 Å². The standard InChI is InChI=1S/C14H12BrP/c1-10-7-11-9-14(15)16(13(11)8-10)12-5-3-2-4-6-12/h2-7,9H,8H2,1H3. The van der Waals surface area contributed by atoms with E-state index in [1.165, 1.54) is 20.6 Å². The highest BCUT2D eigenvalue weighted by atomic mass is 79.9. The van der Waals surface area contributed by atoms with E-state index in [9.17, 15) is 0 Å². The van der Waals surface area contributed by atoms with Crippen LogP contribution < -0.4 is 0 Å². The van der Waals surface area contributed by atoms with Gasteiger partial charge in [-0.05, 0) is 51.5 Å². The second-order valence-electron chi connectivity index (χ2n) is 4.21. The predicted octanol–water partition coefficient (Wildman–Crippen LogP) is 5.38. The molecule has 0 amide bonds. The first-order chi connectivity index (χ1) is 7.75. The number of hydrogen-bond acceptors (Lipinski definition) is 0. The summed E-state index contributed by atoms with van der Waals surface area (Å²) in [6.07, 6.45) is 3.48. The molecule has 3 rings (SSSR count). The number of benzene rings is 1. The van der Waals surface area contributed by atoms with E-state index in [1.54, 1.807) is 5.30 Å². The van der Waals surface area contributed by atoms with Gasteiger partial charge in [0.25, 0.3) is 0 Å². The number of allylic oxidation sites excluding steroid dienone is 1. The molecular formula is C14H12BrP. The van der Waals surface area contributed by atoms with E-state index in [0.29, 0.717) is 0 Å². The van der Waals surface area contributed by atoms with Crippen molar-refractivity contribution in [2.24, 2.45) is 0 Å². The fraction of sp³-hybridized carbons (Fsp3) is 0.143. The Morgan fingerprint density at radius 1 is 1.19 bits per heavy atom. The molecule has 0 saturated carbocycles. The van der Waals surface area contributed by atoms with Crippen molar-refractivity contribution < 1.29 is 0 Å². The molecule has 0 radical (unpaired) electrons. The second-order valence-corrected chi connectivity index (χ2v) is 7.88. The number of hydrogen-bond donors (Lipinski definition) is 0. The van der Waals surface area contributed by atoms with Crippen molar-refractivity contribution in [1.29, 1.82) is 0 Å². The first-order valence-electron chi connectivity index (χ1n) is 5.38. The van der Waals surface area contributed by atoms with E-state index < -0.39 is 0 Å². The van der Waals surface area contributed by atoms with Gasteiger partial charge in [-0.2, -0.15) is 0 Å². The third-order valence-electron chi connectivity index (χ3n) is 2.95. The molecule has 0 aliphatic heterocycles. The highest BCUT2D eigenvalue weighted by molar-refractivity contribution is 9.11. The Morgan fingerprint density at radius 3 is 2.69 bits per heavy atom. The third kappa shape index (κ3) is 1.59. The van der Waals surface area contributed by atoms with Crippen molar-refractivity contribution in [2.45, 2.75) is 13.3 Å². The fourth-order valence-corrected chi connectivity index (χ4v) is 6.13. The average molecular weight is 291 g/mol. The molecule has 0 saturated heterocycles. The molecule has 80 valence electrons. The molecule has 2 aromatic rings. The molecule has 1 aromatic heterocycles. The monoisotopic (exact) mass is 290 g/mol. The van der Waals surface area contributed by atoms with Gasteiger partial charge in [0.1, 0.15) is 0 Å². The molecule has 1 aliphatic rings. The summed E-state index contributed by atoms with van der Waals surface area (Å²) in [6.45, 7) is 2.22. The molecule has 0 fully saturated rings. The van der Waals surface area contributed by atoms with Crippen molar-refractivity contribution in [1.82, 2.24) is 0 Å². The first kappa shape index (κ1) is 10.4. The van der Waals surface area contributed by atoms with Gasteiger partial charge in [-0.25, -0.2) is 0 Å². The maximum absolute atomic E-state index is 3.74. The Morgan fingerprint density at radius 2 is 1.94 bits per heavy atom. The summed E-state index contributed by atoms with van der Waals surface area (Å²) >= 11 is 3.74. The number of halogens is 1. The average Bonchev–Trinajstić information content (AvgIpc) is 2.74. The van der Waals surface area contributed by atoms with Gasteiger partial charge in [-0.15, -0.1) is 0 Å². The highest BCUT2D eigenvalue weighted by Gasteiger charge is 2.19. The lowest BCUT2D eigenvalue weighted by atomic mass is 10.3. The lowest BCUT2D eigenvalue weighted by Gasteiger charge is -2.05. The molecular weight excluding hydrogens is 279 g/mol. The maximum Gasteiger partial charge on any atom is 0.0421 e. The van der Waals surface area contributed by atoms with Crippen LogP contribution in [-0.2, 0) is 6.42 Å². The Bertz CT molecular complexity index is 564. The zero-order chi connectivity index (χ0) is 11.1. The quantitative estimate of drug-likeness (QED) is 0.661.